The van der Waals surface area contributed by atoms with Crippen LogP contribution in [0.25, 0.3) is 0 Å². The third-order valence-corrected chi connectivity index (χ3v) is 6.25. The zero-order valence-electron chi connectivity index (χ0n) is 23.0. The number of carboxylic acids is 1. The van der Waals surface area contributed by atoms with E-state index >= 15 is 0 Å². The van der Waals surface area contributed by atoms with E-state index in [-0.39, 0.29) is 18.1 Å². The van der Waals surface area contributed by atoms with Gasteiger partial charge in [-0.1, -0.05) is 12.1 Å². The molecule has 0 aromatic heterocycles. The van der Waals surface area contributed by atoms with Crippen LogP contribution in [0.15, 0.2) is 77.8 Å². The first-order chi connectivity index (χ1) is 19.5. The molecule has 11 heteroatoms. The number of guanidine groups is 1. The second-order valence-electron chi connectivity index (χ2n) is 9.17. The third-order valence-electron chi connectivity index (χ3n) is 6.25. The van der Waals surface area contributed by atoms with E-state index in [2.05, 4.69) is 5.32 Å². The monoisotopic (exact) mass is 567 g/mol. The number of methoxy groups -OCH3 is 1. The number of aliphatic imine (C=N–C) groups is 1. The van der Waals surface area contributed by atoms with E-state index in [1.54, 1.807) is 38.3 Å². The van der Waals surface area contributed by atoms with Gasteiger partial charge in [-0.2, -0.15) is 18.4 Å². The Bertz CT molecular complexity index is 1390. The molecular formula is C30H32F3N5O3. The van der Waals surface area contributed by atoms with Gasteiger partial charge in [0, 0.05) is 43.1 Å². The topological polar surface area (TPSA) is 101 Å². The highest BCUT2D eigenvalue weighted by molar-refractivity contribution is 5.98. The molecule has 2 N–H and O–H groups in total. The number of hydrogen-bond donors (Lipinski definition) is 2. The number of anilines is 2. The normalized spacial score (nSPS) is 12.3. The third kappa shape index (κ3) is 8.63. The number of rotatable bonds is 11. The van der Waals surface area contributed by atoms with Gasteiger partial charge >= 0.3 is 12.1 Å². The lowest BCUT2D eigenvalue weighted by Gasteiger charge is -2.37. The molecule has 0 heterocycles. The van der Waals surface area contributed by atoms with Crippen molar-refractivity contribution < 1.29 is 27.8 Å². The Morgan fingerprint density at radius 2 is 1.83 bits per heavy atom. The fourth-order valence-corrected chi connectivity index (χ4v) is 4.21. The van der Waals surface area contributed by atoms with Crippen LogP contribution in [0.3, 0.4) is 0 Å². The number of likely N-dealkylation sites (N-methyl/N-ethyl adjacent to an activating group) is 1. The first kappa shape index (κ1) is 30.8. The van der Waals surface area contributed by atoms with E-state index in [0.717, 1.165) is 17.8 Å². The van der Waals surface area contributed by atoms with Crippen LogP contribution in [-0.4, -0.2) is 54.7 Å². The second-order valence-corrected chi connectivity index (χ2v) is 9.17. The molecule has 0 spiro atoms. The van der Waals surface area contributed by atoms with Crippen molar-refractivity contribution in [2.45, 2.75) is 32.5 Å². The van der Waals surface area contributed by atoms with Gasteiger partial charge in [-0.05, 0) is 68.4 Å². The number of hydrogen-bond acceptors (Lipinski definition) is 5. The SMILES string of the molecule is CCN(CCNc1cccc(OC)c1)C(=Nc1ccc(C#N)cc1)N(c1cccc(C(F)(F)F)c1)C(C)CC(=O)O. The molecule has 1 atom stereocenters. The van der Waals surface area contributed by atoms with Gasteiger partial charge in [0.25, 0.3) is 0 Å². The van der Waals surface area contributed by atoms with Gasteiger partial charge < -0.3 is 25.0 Å². The zero-order chi connectivity index (χ0) is 30.0. The molecule has 0 saturated heterocycles. The Morgan fingerprint density at radius 3 is 2.44 bits per heavy atom. The van der Waals surface area contributed by atoms with Crippen molar-refractivity contribution in [1.82, 2.24) is 4.90 Å². The molecule has 0 bridgehead atoms. The number of benzene rings is 3. The summed E-state index contributed by atoms with van der Waals surface area (Å²) in [6.07, 6.45) is -4.94. The molecular weight excluding hydrogens is 535 g/mol. The summed E-state index contributed by atoms with van der Waals surface area (Å²) in [6.45, 7) is 4.76. The van der Waals surface area contributed by atoms with Crippen molar-refractivity contribution in [3.05, 3.63) is 83.9 Å². The summed E-state index contributed by atoms with van der Waals surface area (Å²) in [5.41, 5.74) is 0.996. The average molecular weight is 568 g/mol. The predicted octanol–water partition coefficient (Wildman–Crippen LogP) is 6.38. The highest BCUT2D eigenvalue weighted by Gasteiger charge is 2.33. The Hall–Kier alpha value is -4.72. The van der Waals surface area contributed by atoms with Crippen LogP contribution in [-0.2, 0) is 11.0 Å². The quantitative estimate of drug-likeness (QED) is 0.205. The summed E-state index contributed by atoms with van der Waals surface area (Å²) in [5, 5.41) is 22.1. The van der Waals surface area contributed by atoms with E-state index in [0.29, 0.717) is 36.6 Å². The number of halogens is 3. The van der Waals surface area contributed by atoms with Crippen molar-refractivity contribution in [3.8, 4) is 11.8 Å². The maximum Gasteiger partial charge on any atom is 0.416 e. The molecule has 0 aliphatic carbocycles. The maximum atomic E-state index is 13.7. The maximum absolute atomic E-state index is 13.7. The molecule has 3 aromatic carbocycles. The van der Waals surface area contributed by atoms with E-state index in [9.17, 15) is 28.3 Å². The summed E-state index contributed by atoms with van der Waals surface area (Å²) in [6, 6.07) is 19.9. The Labute approximate surface area is 237 Å². The molecule has 3 rings (SSSR count). The Morgan fingerprint density at radius 1 is 1.12 bits per heavy atom. The van der Waals surface area contributed by atoms with Crippen LogP contribution in [0.2, 0.25) is 0 Å². The van der Waals surface area contributed by atoms with Crippen LogP contribution < -0.4 is 15.0 Å². The lowest BCUT2D eigenvalue weighted by Crippen LogP contribution is -2.50. The zero-order valence-corrected chi connectivity index (χ0v) is 23.0. The van der Waals surface area contributed by atoms with Gasteiger partial charge in [0.05, 0.1) is 36.4 Å². The molecule has 0 fully saturated rings. The molecule has 3 aromatic rings. The summed E-state index contributed by atoms with van der Waals surface area (Å²) in [4.78, 5) is 19.9. The van der Waals surface area contributed by atoms with E-state index in [4.69, 9.17) is 9.73 Å². The predicted molar refractivity (Wildman–Crippen MR) is 153 cm³/mol. The largest absolute Gasteiger partial charge is 0.497 e. The summed E-state index contributed by atoms with van der Waals surface area (Å²) < 4.78 is 46.3. The minimum atomic E-state index is -4.59. The lowest BCUT2D eigenvalue weighted by atomic mass is 10.1. The number of ether oxygens (including phenoxy) is 1. The summed E-state index contributed by atoms with van der Waals surface area (Å²) in [7, 11) is 1.57. The fourth-order valence-electron chi connectivity index (χ4n) is 4.21. The van der Waals surface area contributed by atoms with E-state index in [1.807, 2.05) is 42.2 Å². The van der Waals surface area contributed by atoms with Crippen LogP contribution in [0.5, 0.6) is 5.75 Å². The number of nitrogens with one attached hydrogen (secondary N) is 1. The van der Waals surface area contributed by atoms with Crippen molar-refractivity contribution in [2.75, 3.05) is 37.0 Å². The molecule has 0 radical (unpaired) electrons. The van der Waals surface area contributed by atoms with Crippen molar-refractivity contribution in [1.29, 1.82) is 5.26 Å². The Balaban J connectivity index is 2.08. The van der Waals surface area contributed by atoms with Crippen LogP contribution in [0, 0.1) is 11.3 Å². The van der Waals surface area contributed by atoms with Crippen LogP contribution in [0.1, 0.15) is 31.4 Å². The smallest absolute Gasteiger partial charge is 0.416 e. The van der Waals surface area contributed by atoms with Gasteiger partial charge in [-0.25, -0.2) is 4.99 Å². The summed E-state index contributed by atoms with van der Waals surface area (Å²) >= 11 is 0. The highest BCUT2D eigenvalue weighted by atomic mass is 19.4. The van der Waals surface area contributed by atoms with Gasteiger partial charge in [-0.3, -0.25) is 4.79 Å². The van der Waals surface area contributed by atoms with Gasteiger partial charge in [0.15, 0.2) is 0 Å². The number of nitriles is 1. The first-order valence-electron chi connectivity index (χ1n) is 13.0. The average Bonchev–Trinajstić information content (AvgIpc) is 2.95. The number of carbonyl (C=O) groups is 1. The molecule has 0 aliphatic rings. The highest BCUT2D eigenvalue weighted by Crippen LogP contribution is 2.33. The van der Waals surface area contributed by atoms with Crippen LogP contribution in [0.4, 0.5) is 30.2 Å². The number of carboxylic acid groups (broad SMARTS) is 1. The molecule has 216 valence electrons. The standard InChI is InChI=1S/C30H32F3N5O3/c1-4-37(16-15-35-25-8-6-10-27(19-25)41-3)29(36-24-13-11-22(20-34)12-14-24)38(21(2)17-28(39)40)26-9-5-7-23(18-26)30(31,32)33/h5-14,18-19,21,35H,4,15-17H2,1-3H3,(H,39,40). The van der Waals surface area contributed by atoms with Crippen LogP contribution >= 0.6 is 0 Å². The number of aliphatic carboxylic acids is 1. The van der Waals surface area contributed by atoms with E-state index < -0.39 is 23.8 Å². The molecule has 0 saturated carbocycles. The minimum absolute atomic E-state index is 0.153. The molecule has 8 nitrogen and oxygen atoms in total. The van der Waals surface area contributed by atoms with Crippen molar-refractivity contribution in [3.63, 3.8) is 0 Å². The molecule has 1 unspecified atom stereocenters. The number of alkyl halides is 3. The lowest BCUT2D eigenvalue weighted by molar-refractivity contribution is -0.138. The van der Waals surface area contributed by atoms with Gasteiger partial charge in [-0.15, -0.1) is 0 Å². The first-order valence-corrected chi connectivity index (χ1v) is 13.0. The van der Waals surface area contributed by atoms with Crippen molar-refractivity contribution >= 4 is 29.0 Å². The minimum Gasteiger partial charge on any atom is -0.497 e. The van der Waals surface area contributed by atoms with Crippen molar-refractivity contribution in [2.24, 2.45) is 4.99 Å². The number of nitrogens with zero attached hydrogens (tertiary/aromatic N) is 4. The van der Waals surface area contributed by atoms with Gasteiger partial charge in [0.2, 0.25) is 5.96 Å². The molecule has 41 heavy (non-hydrogen) atoms. The molecule has 0 aliphatic heterocycles. The van der Waals surface area contributed by atoms with E-state index in [1.165, 1.54) is 17.0 Å². The fraction of sp³-hybridized carbons (Fsp3) is 0.300. The Kier molecular flexibility index (Phi) is 10.6. The van der Waals surface area contributed by atoms with Gasteiger partial charge in [0.1, 0.15) is 5.75 Å². The molecule has 0 amide bonds. The summed E-state index contributed by atoms with van der Waals surface area (Å²) in [5.74, 6) is -0.142. The second kappa shape index (κ2) is 14.1.